The van der Waals surface area contributed by atoms with E-state index >= 15 is 0 Å². The second-order valence-electron chi connectivity index (χ2n) is 4.96. The zero-order chi connectivity index (χ0) is 12.1. The van der Waals surface area contributed by atoms with Crippen molar-refractivity contribution in [3.05, 3.63) is 29.3 Å². The van der Waals surface area contributed by atoms with Crippen molar-refractivity contribution in [2.45, 2.75) is 32.6 Å². The standard InChI is InChI=1S/C15H23NO/c1-3-12-7-14(10-15(9-12)17-2)8-13-5-4-6-16-11-13/h7,9-10,13,16H,3-6,8,11H2,1-2H3. The van der Waals surface area contributed by atoms with E-state index in [9.17, 15) is 0 Å². The Bertz CT molecular complexity index is 334. The van der Waals surface area contributed by atoms with E-state index in [2.05, 4.69) is 30.4 Å². The summed E-state index contributed by atoms with van der Waals surface area (Å²) in [5.41, 5.74) is 2.80. The molecule has 1 heterocycles. The lowest BCUT2D eigenvalue weighted by Gasteiger charge is -2.23. The molecule has 0 aliphatic carbocycles. The third-order valence-electron chi connectivity index (χ3n) is 3.59. The van der Waals surface area contributed by atoms with Crippen LogP contribution in [0.15, 0.2) is 18.2 Å². The van der Waals surface area contributed by atoms with Crippen LogP contribution in [0.5, 0.6) is 5.75 Å². The van der Waals surface area contributed by atoms with Gasteiger partial charge in [0.1, 0.15) is 5.75 Å². The summed E-state index contributed by atoms with van der Waals surface area (Å²) in [5.74, 6) is 1.80. The molecule has 1 N–H and O–H groups in total. The van der Waals surface area contributed by atoms with Crippen molar-refractivity contribution >= 4 is 0 Å². The van der Waals surface area contributed by atoms with Gasteiger partial charge in [-0.05, 0) is 68.0 Å². The van der Waals surface area contributed by atoms with Gasteiger partial charge in [0.2, 0.25) is 0 Å². The molecular formula is C15H23NO. The molecule has 0 amide bonds. The van der Waals surface area contributed by atoms with Gasteiger partial charge in [-0.2, -0.15) is 0 Å². The van der Waals surface area contributed by atoms with Crippen LogP contribution < -0.4 is 10.1 Å². The fourth-order valence-corrected chi connectivity index (χ4v) is 2.60. The number of hydrogen-bond acceptors (Lipinski definition) is 2. The predicted molar refractivity (Wildman–Crippen MR) is 71.7 cm³/mol. The summed E-state index contributed by atoms with van der Waals surface area (Å²) >= 11 is 0. The molecule has 0 bridgehead atoms. The molecule has 1 atom stereocenters. The molecule has 1 unspecified atom stereocenters. The van der Waals surface area contributed by atoms with Crippen LogP contribution in [0.1, 0.15) is 30.9 Å². The summed E-state index contributed by atoms with van der Waals surface area (Å²) in [6.45, 7) is 4.55. The molecule has 2 heteroatoms. The van der Waals surface area contributed by atoms with Gasteiger partial charge in [-0.1, -0.05) is 13.0 Å². The maximum Gasteiger partial charge on any atom is 0.119 e. The highest BCUT2D eigenvalue weighted by atomic mass is 16.5. The Morgan fingerprint density at radius 2 is 2.12 bits per heavy atom. The second kappa shape index (κ2) is 6.06. The van der Waals surface area contributed by atoms with Crippen molar-refractivity contribution < 1.29 is 4.74 Å². The zero-order valence-corrected chi connectivity index (χ0v) is 11.0. The average molecular weight is 233 g/mol. The summed E-state index contributed by atoms with van der Waals surface area (Å²) < 4.78 is 5.37. The molecule has 1 saturated heterocycles. The SMILES string of the molecule is CCc1cc(CC2CCCNC2)cc(OC)c1. The Kier molecular flexibility index (Phi) is 4.43. The van der Waals surface area contributed by atoms with E-state index in [1.165, 1.54) is 43.5 Å². The van der Waals surface area contributed by atoms with Gasteiger partial charge >= 0.3 is 0 Å². The highest BCUT2D eigenvalue weighted by Gasteiger charge is 2.14. The van der Waals surface area contributed by atoms with E-state index in [4.69, 9.17) is 4.74 Å². The van der Waals surface area contributed by atoms with Crippen LogP contribution in [0.2, 0.25) is 0 Å². The highest BCUT2D eigenvalue weighted by Crippen LogP contribution is 2.22. The van der Waals surface area contributed by atoms with Crippen LogP contribution in [0.3, 0.4) is 0 Å². The van der Waals surface area contributed by atoms with Crippen molar-refractivity contribution in [1.29, 1.82) is 0 Å². The lowest BCUT2D eigenvalue weighted by Crippen LogP contribution is -2.30. The summed E-state index contributed by atoms with van der Waals surface area (Å²) in [6, 6.07) is 6.66. The summed E-state index contributed by atoms with van der Waals surface area (Å²) in [6.07, 6.45) is 4.92. The number of aryl methyl sites for hydroxylation is 1. The monoisotopic (exact) mass is 233 g/mol. The smallest absolute Gasteiger partial charge is 0.119 e. The molecule has 1 aromatic carbocycles. The molecule has 0 radical (unpaired) electrons. The number of rotatable bonds is 4. The topological polar surface area (TPSA) is 21.3 Å². The van der Waals surface area contributed by atoms with Crippen LogP contribution in [0.4, 0.5) is 0 Å². The van der Waals surface area contributed by atoms with Gasteiger partial charge in [0.05, 0.1) is 7.11 Å². The number of benzene rings is 1. The minimum Gasteiger partial charge on any atom is -0.497 e. The number of ether oxygens (including phenoxy) is 1. The van der Waals surface area contributed by atoms with E-state index in [1.807, 2.05) is 0 Å². The Morgan fingerprint density at radius 3 is 2.76 bits per heavy atom. The van der Waals surface area contributed by atoms with Crippen LogP contribution >= 0.6 is 0 Å². The largest absolute Gasteiger partial charge is 0.497 e. The lowest BCUT2D eigenvalue weighted by molar-refractivity contribution is 0.374. The third kappa shape index (κ3) is 3.47. The van der Waals surface area contributed by atoms with Crippen LogP contribution in [-0.2, 0) is 12.8 Å². The quantitative estimate of drug-likeness (QED) is 0.863. The minimum absolute atomic E-state index is 0.792. The first kappa shape index (κ1) is 12.4. The first-order valence-corrected chi connectivity index (χ1v) is 6.69. The molecule has 1 aliphatic rings. The normalized spacial score (nSPS) is 20.2. The van der Waals surface area contributed by atoms with E-state index < -0.39 is 0 Å². The minimum atomic E-state index is 0.792. The highest BCUT2D eigenvalue weighted by molar-refractivity contribution is 5.34. The summed E-state index contributed by atoms with van der Waals surface area (Å²) in [4.78, 5) is 0. The molecule has 94 valence electrons. The predicted octanol–water partition coefficient (Wildman–Crippen LogP) is 2.80. The molecule has 1 fully saturated rings. The molecule has 2 nitrogen and oxygen atoms in total. The Balaban J connectivity index is 2.07. The maximum atomic E-state index is 5.37. The van der Waals surface area contributed by atoms with Crippen molar-refractivity contribution in [1.82, 2.24) is 5.32 Å². The van der Waals surface area contributed by atoms with Crippen molar-refractivity contribution in [2.24, 2.45) is 5.92 Å². The number of piperidine rings is 1. The van der Waals surface area contributed by atoms with E-state index in [1.54, 1.807) is 7.11 Å². The fourth-order valence-electron chi connectivity index (χ4n) is 2.60. The number of hydrogen-bond donors (Lipinski definition) is 1. The summed E-state index contributed by atoms with van der Waals surface area (Å²) in [5, 5.41) is 3.48. The molecule has 1 aliphatic heterocycles. The van der Waals surface area contributed by atoms with Gasteiger partial charge in [0, 0.05) is 0 Å². The van der Waals surface area contributed by atoms with Crippen molar-refractivity contribution in [3.8, 4) is 5.75 Å². The Labute approximate surface area is 104 Å². The lowest BCUT2D eigenvalue weighted by atomic mass is 9.91. The molecule has 0 spiro atoms. The van der Waals surface area contributed by atoms with Crippen LogP contribution in [0, 0.1) is 5.92 Å². The number of nitrogens with one attached hydrogen (secondary N) is 1. The van der Waals surface area contributed by atoms with Gasteiger partial charge in [0.25, 0.3) is 0 Å². The summed E-state index contributed by atoms with van der Waals surface area (Å²) in [7, 11) is 1.75. The fraction of sp³-hybridized carbons (Fsp3) is 0.600. The third-order valence-corrected chi connectivity index (χ3v) is 3.59. The number of methoxy groups -OCH3 is 1. The molecule has 17 heavy (non-hydrogen) atoms. The van der Waals surface area contributed by atoms with Gasteiger partial charge in [-0.3, -0.25) is 0 Å². The van der Waals surface area contributed by atoms with Crippen LogP contribution in [0.25, 0.3) is 0 Å². The Morgan fingerprint density at radius 1 is 1.29 bits per heavy atom. The maximum absolute atomic E-state index is 5.37. The molecule has 1 aromatic rings. The van der Waals surface area contributed by atoms with Gasteiger partial charge < -0.3 is 10.1 Å². The van der Waals surface area contributed by atoms with E-state index in [-0.39, 0.29) is 0 Å². The van der Waals surface area contributed by atoms with Crippen molar-refractivity contribution in [3.63, 3.8) is 0 Å². The van der Waals surface area contributed by atoms with E-state index in [0.717, 1.165) is 18.1 Å². The molecule has 0 aromatic heterocycles. The van der Waals surface area contributed by atoms with E-state index in [0.29, 0.717) is 0 Å². The average Bonchev–Trinajstić information content (AvgIpc) is 2.39. The zero-order valence-electron chi connectivity index (χ0n) is 11.0. The Hall–Kier alpha value is -1.02. The van der Waals surface area contributed by atoms with Gasteiger partial charge in [-0.25, -0.2) is 0 Å². The second-order valence-corrected chi connectivity index (χ2v) is 4.96. The molecular weight excluding hydrogens is 210 g/mol. The molecule has 0 saturated carbocycles. The first-order valence-electron chi connectivity index (χ1n) is 6.69. The first-order chi connectivity index (χ1) is 8.31. The van der Waals surface area contributed by atoms with Crippen molar-refractivity contribution in [2.75, 3.05) is 20.2 Å². The van der Waals surface area contributed by atoms with Gasteiger partial charge in [-0.15, -0.1) is 0 Å². The molecule has 2 rings (SSSR count). The van der Waals surface area contributed by atoms with Crippen LogP contribution in [-0.4, -0.2) is 20.2 Å². The van der Waals surface area contributed by atoms with Gasteiger partial charge in [0.15, 0.2) is 0 Å².